The Bertz CT molecular complexity index is 146. The summed E-state index contributed by atoms with van der Waals surface area (Å²) in [5.41, 5.74) is 0. The van der Waals surface area contributed by atoms with E-state index in [1.165, 1.54) is 0 Å². The average Bonchev–Trinajstić information content (AvgIpc) is 2.40. The zero-order valence-electron chi connectivity index (χ0n) is 4.44. The first-order chi connectivity index (χ1) is 4.02. The van der Waals surface area contributed by atoms with Crippen LogP contribution in [0.1, 0.15) is 0 Å². The normalized spacial score (nSPS) is 22.2. The SMILES string of the molecule is COC1(C(F)(F)F)N=N1. The summed E-state index contributed by atoms with van der Waals surface area (Å²) >= 11 is 0. The Kier molecular flexibility index (Phi) is 1.03. The number of nitrogens with zero attached hydrogens (tertiary/aromatic N) is 2. The highest BCUT2D eigenvalue weighted by molar-refractivity contribution is 4.90. The Balaban J connectivity index is 2.61. The quantitative estimate of drug-likeness (QED) is 0.540. The molecule has 0 saturated carbocycles. The maximum Gasteiger partial charge on any atom is 0.465 e. The maximum atomic E-state index is 11.6. The van der Waals surface area contributed by atoms with Gasteiger partial charge in [0.15, 0.2) is 0 Å². The van der Waals surface area contributed by atoms with Crippen molar-refractivity contribution in [2.75, 3.05) is 7.11 Å². The van der Waals surface area contributed by atoms with Crippen LogP contribution < -0.4 is 0 Å². The molecule has 0 atom stereocenters. The number of halogens is 3. The van der Waals surface area contributed by atoms with Gasteiger partial charge in [0.05, 0.1) is 0 Å². The number of methoxy groups -OCH3 is 1. The molecule has 0 aromatic rings. The van der Waals surface area contributed by atoms with Crippen LogP contribution in [0.3, 0.4) is 0 Å². The lowest BCUT2D eigenvalue weighted by Crippen LogP contribution is -2.34. The van der Waals surface area contributed by atoms with E-state index in [4.69, 9.17) is 0 Å². The second-order valence-electron chi connectivity index (χ2n) is 1.51. The van der Waals surface area contributed by atoms with Crippen LogP contribution in [0.4, 0.5) is 13.2 Å². The molecule has 1 rings (SSSR count). The summed E-state index contributed by atoms with van der Waals surface area (Å²) in [4.78, 5) is 0. The molecule has 0 aromatic carbocycles. The molecule has 0 amide bonds. The number of alkyl halides is 3. The van der Waals surface area contributed by atoms with Gasteiger partial charge in [-0.05, 0) is 0 Å². The molecular weight excluding hydrogens is 137 g/mol. The molecule has 0 saturated heterocycles. The fourth-order valence-electron chi connectivity index (χ4n) is 0.356. The fraction of sp³-hybridized carbons (Fsp3) is 1.00. The minimum Gasteiger partial charge on any atom is -0.329 e. The van der Waals surface area contributed by atoms with E-state index >= 15 is 0 Å². The Morgan fingerprint density at radius 1 is 1.33 bits per heavy atom. The minimum absolute atomic E-state index is 0.910. The molecule has 52 valence electrons. The monoisotopic (exact) mass is 140 g/mol. The molecule has 0 unspecified atom stereocenters. The van der Waals surface area contributed by atoms with E-state index in [-0.39, 0.29) is 0 Å². The molecule has 3 nitrogen and oxygen atoms in total. The van der Waals surface area contributed by atoms with Crippen molar-refractivity contribution in [3.8, 4) is 0 Å². The lowest BCUT2D eigenvalue weighted by Gasteiger charge is -2.10. The van der Waals surface area contributed by atoms with Crippen LogP contribution in [0.25, 0.3) is 0 Å². The van der Waals surface area contributed by atoms with Crippen LogP contribution in [-0.2, 0) is 4.74 Å². The summed E-state index contributed by atoms with van der Waals surface area (Å²) in [5.74, 6) is -2.52. The number of hydrogen-bond donors (Lipinski definition) is 0. The third-order valence-electron chi connectivity index (χ3n) is 0.936. The molecule has 1 heterocycles. The van der Waals surface area contributed by atoms with Gasteiger partial charge in [-0.25, -0.2) is 0 Å². The first-order valence-corrected chi connectivity index (χ1v) is 2.08. The summed E-state index contributed by atoms with van der Waals surface area (Å²) in [6.45, 7) is 0. The van der Waals surface area contributed by atoms with E-state index in [1.54, 1.807) is 0 Å². The highest BCUT2D eigenvalue weighted by Crippen LogP contribution is 2.44. The van der Waals surface area contributed by atoms with Gasteiger partial charge < -0.3 is 4.74 Å². The van der Waals surface area contributed by atoms with Crippen LogP contribution in [0, 0.1) is 0 Å². The van der Waals surface area contributed by atoms with Crippen molar-refractivity contribution in [3.05, 3.63) is 0 Å². The van der Waals surface area contributed by atoms with Crippen LogP contribution in [0.15, 0.2) is 10.2 Å². The number of ether oxygens (including phenoxy) is 1. The van der Waals surface area contributed by atoms with Crippen LogP contribution >= 0.6 is 0 Å². The molecule has 0 bridgehead atoms. The molecule has 0 aromatic heterocycles. The molecular formula is C3H3F3N2O. The zero-order chi connectivity index (χ0) is 7.12. The van der Waals surface area contributed by atoms with Crippen molar-refractivity contribution in [2.24, 2.45) is 10.2 Å². The molecule has 0 spiro atoms. The lowest BCUT2D eigenvalue weighted by molar-refractivity contribution is -0.235. The molecule has 1 aliphatic rings. The number of rotatable bonds is 1. The Labute approximate surface area is 48.5 Å². The number of hydrogen-bond acceptors (Lipinski definition) is 3. The van der Waals surface area contributed by atoms with Gasteiger partial charge in [-0.15, -0.1) is 10.2 Å². The van der Waals surface area contributed by atoms with Gasteiger partial charge in [0, 0.05) is 7.11 Å². The fourth-order valence-corrected chi connectivity index (χ4v) is 0.356. The van der Waals surface area contributed by atoms with Gasteiger partial charge in [0.25, 0.3) is 0 Å². The summed E-state index contributed by atoms with van der Waals surface area (Å²) in [6.07, 6.45) is -4.50. The van der Waals surface area contributed by atoms with Crippen molar-refractivity contribution in [1.29, 1.82) is 0 Å². The first kappa shape index (κ1) is 6.47. The topological polar surface area (TPSA) is 34.0 Å². The molecule has 0 fully saturated rings. The van der Waals surface area contributed by atoms with E-state index < -0.39 is 12.0 Å². The van der Waals surface area contributed by atoms with Crippen LogP contribution in [-0.4, -0.2) is 19.1 Å². The van der Waals surface area contributed by atoms with Crippen LogP contribution in [0.2, 0.25) is 0 Å². The molecule has 0 aliphatic carbocycles. The molecule has 9 heavy (non-hydrogen) atoms. The molecule has 0 N–H and O–H groups in total. The Morgan fingerprint density at radius 3 is 1.78 bits per heavy atom. The minimum atomic E-state index is -4.50. The second kappa shape index (κ2) is 1.44. The van der Waals surface area contributed by atoms with Gasteiger partial charge in [-0.1, -0.05) is 0 Å². The maximum absolute atomic E-state index is 11.6. The van der Waals surface area contributed by atoms with E-state index in [0.29, 0.717) is 0 Å². The van der Waals surface area contributed by atoms with Gasteiger partial charge >= 0.3 is 12.0 Å². The Hall–Kier alpha value is -0.650. The van der Waals surface area contributed by atoms with Crippen molar-refractivity contribution in [2.45, 2.75) is 12.0 Å². The summed E-state index contributed by atoms with van der Waals surface area (Å²) in [6, 6.07) is 0. The van der Waals surface area contributed by atoms with E-state index in [2.05, 4.69) is 15.0 Å². The van der Waals surface area contributed by atoms with E-state index in [0.717, 1.165) is 7.11 Å². The highest BCUT2D eigenvalue weighted by Gasteiger charge is 2.65. The standard InChI is InChI=1S/C3H3F3N2O/c1-9-3(7-8-3)2(4,5)6/h1H3. The third kappa shape index (κ3) is 0.787. The second-order valence-corrected chi connectivity index (χ2v) is 1.51. The first-order valence-electron chi connectivity index (χ1n) is 2.08. The summed E-state index contributed by atoms with van der Waals surface area (Å²) < 4.78 is 38.7. The largest absolute Gasteiger partial charge is 0.465 e. The smallest absolute Gasteiger partial charge is 0.329 e. The van der Waals surface area contributed by atoms with Crippen LogP contribution in [0.5, 0.6) is 0 Å². The summed E-state index contributed by atoms with van der Waals surface area (Å²) in [5, 5.41) is 5.40. The third-order valence-corrected chi connectivity index (χ3v) is 0.936. The van der Waals surface area contributed by atoms with E-state index in [9.17, 15) is 13.2 Å². The lowest BCUT2D eigenvalue weighted by atomic mass is 10.5. The van der Waals surface area contributed by atoms with Gasteiger partial charge in [0.2, 0.25) is 0 Å². The molecule has 6 heteroatoms. The van der Waals surface area contributed by atoms with Crippen molar-refractivity contribution in [3.63, 3.8) is 0 Å². The predicted octanol–water partition coefficient (Wildman–Crippen LogP) is 1.31. The molecule has 0 radical (unpaired) electrons. The Morgan fingerprint density at radius 2 is 1.78 bits per heavy atom. The van der Waals surface area contributed by atoms with E-state index in [1.807, 2.05) is 0 Å². The molecule has 1 aliphatic heterocycles. The van der Waals surface area contributed by atoms with Crippen molar-refractivity contribution in [1.82, 2.24) is 0 Å². The van der Waals surface area contributed by atoms with Gasteiger partial charge in [0.1, 0.15) is 0 Å². The van der Waals surface area contributed by atoms with Crippen molar-refractivity contribution >= 4 is 0 Å². The zero-order valence-corrected chi connectivity index (χ0v) is 4.44. The van der Waals surface area contributed by atoms with Gasteiger partial charge in [-0.3, -0.25) is 0 Å². The van der Waals surface area contributed by atoms with Crippen molar-refractivity contribution < 1.29 is 17.9 Å². The highest BCUT2D eigenvalue weighted by atomic mass is 19.4. The average molecular weight is 140 g/mol. The summed E-state index contributed by atoms with van der Waals surface area (Å²) in [7, 11) is 0.910. The predicted molar refractivity (Wildman–Crippen MR) is 20.7 cm³/mol. The van der Waals surface area contributed by atoms with Gasteiger partial charge in [-0.2, -0.15) is 13.2 Å².